The van der Waals surface area contributed by atoms with E-state index < -0.39 is 12.1 Å². The van der Waals surface area contributed by atoms with Crippen molar-refractivity contribution in [2.75, 3.05) is 13.6 Å². The van der Waals surface area contributed by atoms with Crippen LogP contribution in [0.4, 0.5) is 0 Å². The number of amides is 3. The highest BCUT2D eigenvalue weighted by molar-refractivity contribution is 5.93. The molecule has 7 nitrogen and oxygen atoms in total. The third-order valence-electron chi connectivity index (χ3n) is 6.10. The molecule has 1 aliphatic heterocycles. The van der Waals surface area contributed by atoms with Crippen LogP contribution < -0.4 is 16.0 Å². The second-order valence-electron chi connectivity index (χ2n) is 8.29. The van der Waals surface area contributed by atoms with Gasteiger partial charge >= 0.3 is 0 Å². The zero-order valence-electron chi connectivity index (χ0n) is 19.3. The predicted octanol–water partition coefficient (Wildman–Crippen LogP) is 2.01. The fourth-order valence-electron chi connectivity index (χ4n) is 4.12. The minimum Gasteiger partial charge on any atom is -0.354 e. The molecule has 2 unspecified atom stereocenters. The number of benzene rings is 1. The lowest BCUT2D eigenvalue weighted by molar-refractivity contribution is -0.143. The van der Waals surface area contributed by atoms with Gasteiger partial charge in [-0.25, -0.2) is 0 Å². The predicted molar refractivity (Wildman–Crippen MR) is 122 cm³/mol. The fourth-order valence-corrected chi connectivity index (χ4v) is 4.12. The van der Waals surface area contributed by atoms with Crippen molar-refractivity contribution in [1.82, 2.24) is 20.9 Å². The van der Waals surface area contributed by atoms with Crippen molar-refractivity contribution < 1.29 is 14.4 Å². The molecule has 0 aromatic heterocycles. The normalized spacial score (nSPS) is 20.2. The van der Waals surface area contributed by atoms with Gasteiger partial charge in [0.25, 0.3) is 0 Å². The van der Waals surface area contributed by atoms with Gasteiger partial charge in [0.1, 0.15) is 12.1 Å². The summed E-state index contributed by atoms with van der Waals surface area (Å²) in [5.41, 5.74) is 1.16. The van der Waals surface area contributed by atoms with Crippen LogP contribution in [0, 0.1) is 0 Å². The Morgan fingerprint density at radius 3 is 2.45 bits per heavy atom. The maximum atomic E-state index is 13.5. The van der Waals surface area contributed by atoms with E-state index in [1.165, 1.54) is 0 Å². The van der Waals surface area contributed by atoms with Gasteiger partial charge in [-0.15, -0.1) is 0 Å². The van der Waals surface area contributed by atoms with Gasteiger partial charge < -0.3 is 20.9 Å². The Bertz CT molecular complexity index is 725. The maximum Gasteiger partial charge on any atom is 0.246 e. The van der Waals surface area contributed by atoms with Crippen LogP contribution in [0.3, 0.4) is 0 Å². The number of likely N-dealkylation sites (N-methyl/N-ethyl adjacent to an activating group) is 1. The Morgan fingerprint density at radius 1 is 1.13 bits per heavy atom. The third-order valence-corrected chi connectivity index (χ3v) is 6.10. The minimum atomic E-state index is -0.611. The molecule has 1 saturated heterocycles. The summed E-state index contributed by atoms with van der Waals surface area (Å²) in [6.07, 6.45) is 4.32. The average Bonchev–Trinajstić information content (AvgIpc) is 3.22. The average molecular weight is 431 g/mol. The van der Waals surface area contributed by atoms with E-state index in [2.05, 4.69) is 16.0 Å². The molecule has 3 amide bonds. The molecule has 0 saturated carbocycles. The minimum absolute atomic E-state index is 0.0235. The zero-order valence-corrected chi connectivity index (χ0v) is 19.3. The number of nitrogens with zero attached hydrogens (tertiary/aromatic N) is 1. The van der Waals surface area contributed by atoms with Crippen molar-refractivity contribution >= 4 is 17.7 Å². The fraction of sp³-hybridized carbons (Fsp3) is 0.625. The molecule has 1 aliphatic rings. The van der Waals surface area contributed by atoms with Gasteiger partial charge in [-0.2, -0.15) is 0 Å². The van der Waals surface area contributed by atoms with E-state index >= 15 is 0 Å². The molecule has 1 heterocycles. The highest BCUT2D eigenvalue weighted by Crippen LogP contribution is 2.28. The maximum absolute atomic E-state index is 13.5. The largest absolute Gasteiger partial charge is 0.354 e. The Labute approximate surface area is 186 Å². The lowest BCUT2D eigenvalue weighted by Gasteiger charge is -2.33. The zero-order chi connectivity index (χ0) is 22.8. The van der Waals surface area contributed by atoms with Crippen molar-refractivity contribution in [3.8, 4) is 0 Å². The third kappa shape index (κ3) is 6.79. The van der Waals surface area contributed by atoms with E-state index in [9.17, 15) is 14.4 Å². The van der Waals surface area contributed by atoms with Crippen molar-refractivity contribution in [3.05, 3.63) is 35.9 Å². The molecule has 4 atom stereocenters. The summed E-state index contributed by atoms with van der Waals surface area (Å²) in [5, 5.41) is 8.80. The Morgan fingerprint density at radius 2 is 1.84 bits per heavy atom. The molecule has 0 aliphatic carbocycles. The van der Waals surface area contributed by atoms with E-state index in [4.69, 9.17) is 0 Å². The van der Waals surface area contributed by atoms with Gasteiger partial charge in [0.15, 0.2) is 0 Å². The molecule has 31 heavy (non-hydrogen) atoms. The number of likely N-dealkylation sites (tertiary alicyclic amines) is 1. The molecule has 2 rings (SSSR count). The molecule has 1 fully saturated rings. The van der Waals surface area contributed by atoms with Crippen LogP contribution in [0.15, 0.2) is 30.3 Å². The van der Waals surface area contributed by atoms with E-state index in [-0.39, 0.29) is 29.8 Å². The molecule has 172 valence electrons. The van der Waals surface area contributed by atoms with Gasteiger partial charge in [-0.1, -0.05) is 50.6 Å². The van der Waals surface area contributed by atoms with Crippen LogP contribution in [0.2, 0.25) is 0 Å². The van der Waals surface area contributed by atoms with E-state index in [1.807, 2.05) is 44.2 Å². The van der Waals surface area contributed by atoms with Crippen molar-refractivity contribution in [1.29, 1.82) is 0 Å². The topological polar surface area (TPSA) is 90.5 Å². The molecule has 1 aromatic rings. The smallest absolute Gasteiger partial charge is 0.246 e. The van der Waals surface area contributed by atoms with Gasteiger partial charge in [-0.05, 0) is 51.6 Å². The number of rotatable bonds is 11. The number of hydrogen-bond donors (Lipinski definition) is 3. The standard InChI is InChI=1S/C24H38N4O3/c1-5-10-20(27-22(29)17(3)25-4)24(31)28-19(6-2)13-14-21(28)23(30)26-16-15-18-11-8-7-9-12-18/h7-9,11-12,17,19-21,25H,5-6,10,13-16H2,1-4H3,(H,26,30)(H,27,29)/t17-,19?,20-,21?/m0/s1. The van der Waals surface area contributed by atoms with Crippen LogP contribution in [-0.4, -0.2) is 60.4 Å². The van der Waals surface area contributed by atoms with E-state index in [0.29, 0.717) is 19.4 Å². The van der Waals surface area contributed by atoms with Crippen LogP contribution in [0.25, 0.3) is 0 Å². The molecule has 1 aromatic carbocycles. The summed E-state index contributed by atoms with van der Waals surface area (Å²) < 4.78 is 0. The van der Waals surface area contributed by atoms with Crippen LogP contribution in [0.5, 0.6) is 0 Å². The lowest BCUT2D eigenvalue weighted by Crippen LogP contribution is -2.57. The molecule has 0 radical (unpaired) electrons. The van der Waals surface area contributed by atoms with Crippen LogP contribution in [0.1, 0.15) is 58.4 Å². The number of carbonyl (C=O) groups excluding carboxylic acids is 3. The summed E-state index contributed by atoms with van der Waals surface area (Å²) in [4.78, 5) is 40.6. The van der Waals surface area contributed by atoms with Crippen LogP contribution >= 0.6 is 0 Å². The van der Waals surface area contributed by atoms with Crippen molar-refractivity contribution in [2.45, 2.75) is 83.5 Å². The first-order valence-corrected chi connectivity index (χ1v) is 11.5. The summed E-state index contributed by atoms with van der Waals surface area (Å²) in [6, 6.07) is 8.56. The van der Waals surface area contributed by atoms with Gasteiger partial charge in [0, 0.05) is 12.6 Å². The highest BCUT2D eigenvalue weighted by Gasteiger charge is 2.42. The van der Waals surface area contributed by atoms with Gasteiger partial charge in [0.05, 0.1) is 6.04 Å². The second kappa shape index (κ2) is 12.4. The monoisotopic (exact) mass is 430 g/mol. The van der Waals surface area contributed by atoms with Crippen molar-refractivity contribution in [2.24, 2.45) is 0 Å². The van der Waals surface area contributed by atoms with Gasteiger partial charge in [0.2, 0.25) is 17.7 Å². The Balaban J connectivity index is 2.06. The number of hydrogen-bond acceptors (Lipinski definition) is 4. The molecular weight excluding hydrogens is 392 g/mol. The number of nitrogens with one attached hydrogen (secondary N) is 3. The summed E-state index contributed by atoms with van der Waals surface area (Å²) >= 11 is 0. The quantitative estimate of drug-likeness (QED) is 0.501. The Kier molecular flexibility index (Phi) is 9.98. The lowest BCUT2D eigenvalue weighted by atomic mass is 10.1. The molecule has 0 bridgehead atoms. The van der Waals surface area contributed by atoms with Crippen molar-refractivity contribution in [3.63, 3.8) is 0 Å². The first-order chi connectivity index (χ1) is 14.9. The van der Waals surface area contributed by atoms with E-state index in [1.54, 1.807) is 18.9 Å². The second-order valence-corrected chi connectivity index (χ2v) is 8.29. The summed E-state index contributed by atoms with van der Waals surface area (Å²) in [7, 11) is 1.71. The number of carbonyl (C=O) groups is 3. The summed E-state index contributed by atoms with van der Waals surface area (Å²) in [5.74, 6) is -0.457. The molecular formula is C24H38N4O3. The SMILES string of the molecule is CCC[C@H](NC(=O)[C@H](C)NC)C(=O)N1C(CC)CCC1C(=O)NCCc1ccccc1. The van der Waals surface area contributed by atoms with E-state index in [0.717, 1.165) is 31.2 Å². The highest BCUT2D eigenvalue weighted by atomic mass is 16.2. The first kappa shape index (κ1) is 24.9. The summed E-state index contributed by atoms with van der Waals surface area (Å²) in [6.45, 7) is 6.32. The van der Waals surface area contributed by atoms with Crippen LogP contribution in [-0.2, 0) is 20.8 Å². The van der Waals surface area contributed by atoms with Gasteiger partial charge in [-0.3, -0.25) is 14.4 Å². The molecule has 7 heteroatoms. The first-order valence-electron chi connectivity index (χ1n) is 11.5. The molecule has 0 spiro atoms. The molecule has 3 N–H and O–H groups in total. The Hall–Kier alpha value is -2.41.